The van der Waals surface area contributed by atoms with E-state index in [0.717, 1.165) is 16.5 Å². The van der Waals surface area contributed by atoms with E-state index in [1.165, 1.54) is 6.07 Å². The van der Waals surface area contributed by atoms with E-state index in [9.17, 15) is 14.7 Å². The first-order valence-electron chi connectivity index (χ1n) is 7.49. The average Bonchev–Trinajstić information content (AvgIpc) is 2.98. The van der Waals surface area contributed by atoms with Crippen molar-refractivity contribution in [3.63, 3.8) is 0 Å². The van der Waals surface area contributed by atoms with Gasteiger partial charge in [-0.05, 0) is 29.8 Å². The number of amides is 1. The summed E-state index contributed by atoms with van der Waals surface area (Å²) < 4.78 is 5.07. The number of nitrogens with one attached hydrogen (secondary N) is 1. The number of carboxylic acid groups (broad SMARTS) is 1. The van der Waals surface area contributed by atoms with Gasteiger partial charge in [-0.15, -0.1) is 0 Å². The van der Waals surface area contributed by atoms with Crippen LogP contribution in [-0.2, 0) is 6.42 Å². The van der Waals surface area contributed by atoms with Crippen LogP contribution in [0, 0.1) is 6.92 Å². The van der Waals surface area contributed by atoms with Gasteiger partial charge in [0.1, 0.15) is 5.76 Å². The van der Waals surface area contributed by atoms with Gasteiger partial charge in [-0.2, -0.15) is 0 Å². The summed E-state index contributed by atoms with van der Waals surface area (Å²) in [6.07, 6.45) is 0.473. The van der Waals surface area contributed by atoms with Crippen molar-refractivity contribution in [1.82, 2.24) is 10.5 Å². The number of hydrogen-bond acceptors (Lipinski definition) is 5. The van der Waals surface area contributed by atoms with Crippen molar-refractivity contribution in [1.29, 1.82) is 0 Å². The van der Waals surface area contributed by atoms with Crippen LogP contribution in [-0.4, -0.2) is 23.6 Å². The summed E-state index contributed by atoms with van der Waals surface area (Å²) in [7, 11) is 0. The molecule has 25 heavy (non-hydrogen) atoms. The first-order valence-corrected chi connectivity index (χ1v) is 7.49. The van der Waals surface area contributed by atoms with Crippen LogP contribution in [0.2, 0.25) is 0 Å². The largest absolute Gasteiger partial charge is 1.00 e. The van der Waals surface area contributed by atoms with Crippen molar-refractivity contribution in [3.8, 4) is 0 Å². The van der Waals surface area contributed by atoms with Crippen LogP contribution in [0.3, 0.4) is 0 Å². The number of aryl methyl sites for hydroxylation is 1. The normalized spacial score (nSPS) is 10.3. The fourth-order valence-electron chi connectivity index (χ4n) is 2.53. The minimum Gasteiger partial charge on any atom is -0.545 e. The Kier molecular flexibility index (Phi) is 6.36. The predicted octanol–water partition coefficient (Wildman–Crippen LogP) is -1.52. The molecule has 0 radical (unpaired) electrons. The molecule has 0 spiro atoms. The van der Waals surface area contributed by atoms with E-state index in [1.54, 1.807) is 24.3 Å². The molecule has 1 aromatic heterocycles. The number of aromatic nitrogens is 1. The van der Waals surface area contributed by atoms with Crippen molar-refractivity contribution in [2.45, 2.75) is 13.3 Å². The zero-order valence-electron chi connectivity index (χ0n) is 14.0. The van der Waals surface area contributed by atoms with Crippen molar-refractivity contribution in [2.24, 2.45) is 0 Å². The number of benzene rings is 2. The molecule has 1 heterocycles. The molecule has 3 aromatic rings. The maximum absolute atomic E-state index is 12.4. The molecule has 0 aliphatic carbocycles. The van der Waals surface area contributed by atoms with Gasteiger partial charge < -0.3 is 19.7 Å². The van der Waals surface area contributed by atoms with Gasteiger partial charge in [0.25, 0.3) is 5.91 Å². The van der Waals surface area contributed by atoms with Gasteiger partial charge >= 0.3 is 29.6 Å². The third-order valence-corrected chi connectivity index (χ3v) is 3.68. The summed E-state index contributed by atoms with van der Waals surface area (Å²) in [4.78, 5) is 23.7. The number of hydrogen-bond donors (Lipinski definition) is 1. The standard InChI is InChI=1S/C18H16N2O4.Na/c1-11-8-14(24-20-11)6-7-19-17(21)15-9-12-4-2-3-5-13(12)10-16(15)18(22)23;/h2-5,8-10H,6-7H2,1H3,(H,19,21)(H,22,23);/q;+1/p-1. The van der Waals surface area contributed by atoms with E-state index in [0.29, 0.717) is 18.7 Å². The van der Waals surface area contributed by atoms with E-state index < -0.39 is 11.9 Å². The van der Waals surface area contributed by atoms with Crippen LogP contribution < -0.4 is 40.0 Å². The Balaban J connectivity index is 0.00000225. The molecule has 0 unspecified atom stereocenters. The molecule has 6 nitrogen and oxygen atoms in total. The molecule has 7 heteroatoms. The summed E-state index contributed by atoms with van der Waals surface area (Å²) >= 11 is 0. The summed E-state index contributed by atoms with van der Waals surface area (Å²) in [6.45, 7) is 2.12. The first-order chi connectivity index (χ1) is 11.5. The third kappa shape index (κ3) is 4.48. The maximum atomic E-state index is 12.4. The SMILES string of the molecule is Cc1cc(CCNC(=O)c2cc3ccccc3cc2C(=O)[O-])on1.[Na+]. The molecule has 0 saturated carbocycles. The van der Waals surface area contributed by atoms with Gasteiger partial charge in [-0.25, -0.2) is 0 Å². The Hall–Kier alpha value is -2.15. The summed E-state index contributed by atoms with van der Waals surface area (Å²) in [5.74, 6) is -1.18. The minimum absolute atomic E-state index is 0. The topological polar surface area (TPSA) is 95.3 Å². The Labute approximate surface area is 166 Å². The molecule has 122 valence electrons. The van der Waals surface area contributed by atoms with E-state index in [4.69, 9.17) is 4.52 Å². The van der Waals surface area contributed by atoms with Crippen molar-refractivity contribution in [2.75, 3.05) is 6.54 Å². The molecule has 2 aromatic carbocycles. The van der Waals surface area contributed by atoms with Gasteiger partial charge in [0.15, 0.2) is 0 Å². The van der Waals surface area contributed by atoms with Crippen LogP contribution in [0.15, 0.2) is 47.0 Å². The van der Waals surface area contributed by atoms with Gasteiger partial charge in [0, 0.05) is 30.2 Å². The van der Waals surface area contributed by atoms with E-state index in [2.05, 4.69) is 10.5 Å². The summed E-state index contributed by atoms with van der Waals surface area (Å²) in [5, 5.41) is 19.4. The Bertz CT molecular complexity index is 920. The summed E-state index contributed by atoms with van der Waals surface area (Å²) in [5.41, 5.74) is 0.731. The predicted molar refractivity (Wildman–Crippen MR) is 85.6 cm³/mol. The van der Waals surface area contributed by atoms with Crippen molar-refractivity contribution in [3.05, 3.63) is 65.0 Å². The van der Waals surface area contributed by atoms with Crippen LogP contribution in [0.1, 0.15) is 32.2 Å². The number of rotatable bonds is 5. The van der Waals surface area contributed by atoms with E-state index in [-0.39, 0.29) is 40.7 Å². The van der Waals surface area contributed by atoms with Gasteiger partial charge in [-0.3, -0.25) is 4.79 Å². The Morgan fingerprint density at radius 2 is 1.76 bits per heavy atom. The second kappa shape index (κ2) is 8.29. The average molecular weight is 346 g/mol. The molecule has 0 atom stereocenters. The molecular weight excluding hydrogens is 331 g/mol. The van der Waals surface area contributed by atoms with Crippen molar-refractivity contribution >= 4 is 22.6 Å². The monoisotopic (exact) mass is 346 g/mol. The minimum atomic E-state index is -1.38. The fourth-order valence-corrected chi connectivity index (χ4v) is 2.53. The second-order valence-corrected chi connectivity index (χ2v) is 5.47. The molecule has 3 rings (SSSR count). The maximum Gasteiger partial charge on any atom is 1.00 e. The zero-order valence-corrected chi connectivity index (χ0v) is 16.0. The number of fused-ring (bicyclic) bond motifs is 1. The summed E-state index contributed by atoms with van der Waals surface area (Å²) in [6, 6.07) is 12.1. The van der Waals surface area contributed by atoms with Crippen LogP contribution in [0.4, 0.5) is 0 Å². The van der Waals surface area contributed by atoms with E-state index in [1.807, 2.05) is 19.1 Å². The smallest absolute Gasteiger partial charge is 0.545 e. The van der Waals surface area contributed by atoms with Gasteiger partial charge in [0.2, 0.25) is 0 Å². The molecule has 0 saturated heterocycles. The Morgan fingerprint density at radius 1 is 1.12 bits per heavy atom. The van der Waals surface area contributed by atoms with E-state index >= 15 is 0 Å². The molecule has 0 aliphatic rings. The molecule has 0 fully saturated rings. The number of nitrogens with zero attached hydrogens (tertiary/aromatic N) is 1. The number of carboxylic acids is 1. The van der Waals surface area contributed by atoms with Gasteiger partial charge in [0.05, 0.1) is 11.7 Å². The first kappa shape index (κ1) is 19.2. The fraction of sp³-hybridized carbons (Fsp3) is 0.167. The Morgan fingerprint density at radius 3 is 2.32 bits per heavy atom. The van der Waals surface area contributed by atoms with Crippen LogP contribution in [0.5, 0.6) is 0 Å². The quantitative estimate of drug-likeness (QED) is 0.566. The molecule has 0 bridgehead atoms. The third-order valence-electron chi connectivity index (χ3n) is 3.68. The molecule has 1 N–H and O–H groups in total. The second-order valence-electron chi connectivity index (χ2n) is 5.47. The number of aromatic carboxylic acids is 1. The van der Waals surface area contributed by atoms with Gasteiger partial charge in [-0.1, -0.05) is 29.4 Å². The number of carbonyl (C=O) groups is 2. The van der Waals surface area contributed by atoms with Crippen LogP contribution in [0.25, 0.3) is 10.8 Å². The molecular formula is C18H15N2NaO4. The zero-order chi connectivity index (χ0) is 17.1. The number of carbonyl (C=O) groups excluding carboxylic acids is 2. The van der Waals surface area contributed by atoms with Crippen molar-refractivity contribution < 1.29 is 48.8 Å². The molecule has 1 amide bonds. The molecule has 0 aliphatic heterocycles. The van der Waals surface area contributed by atoms with Crippen LogP contribution >= 0.6 is 0 Å².